The minimum Gasteiger partial charge on any atom is -0.316 e. The van der Waals surface area contributed by atoms with Crippen LogP contribution in [0.4, 0.5) is 0 Å². The Morgan fingerprint density at radius 1 is 1.67 bits per heavy atom. The van der Waals surface area contributed by atoms with Crippen molar-refractivity contribution in [2.24, 2.45) is 5.41 Å². The van der Waals surface area contributed by atoms with E-state index >= 15 is 0 Å². The summed E-state index contributed by atoms with van der Waals surface area (Å²) in [6.45, 7) is 8.67. The van der Waals surface area contributed by atoms with Crippen LogP contribution in [0.1, 0.15) is 24.0 Å². The Morgan fingerprint density at radius 3 is 3.13 bits per heavy atom. The highest BCUT2D eigenvalue weighted by Crippen LogP contribution is 2.23. The molecular formula is C11H19N3S. The highest BCUT2D eigenvalue weighted by Gasteiger charge is 2.27. The molecule has 3 nitrogen and oxygen atoms in total. The molecule has 1 fully saturated rings. The second-order valence-electron chi connectivity index (χ2n) is 4.72. The highest BCUT2D eigenvalue weighted by atomic mass is 32.1. The maximum atomic E-state index is 4.44. The van der Waals surface area contributed by atoms with Crippen molar-refractivity contribution < 1.29 is 0 Å². The van der Waals surface area contributed by atoms with E-state index in [1.165, 1.54) is 11.4 Å². The van der Waals surface area contributed by atoms with E-state index in [1.54, 1.807) is 11.3 Å². The van der Waals surface area contributed by atoms with Crippen molar-refractivity contribution in [2.45, 2.75) is 26.8 Å². The Morgan fingerprint density at radius 2 is 2.53 bits per heavy atom. The molecule has 1 atom stereocenters. The first-order valence-corrected chi connectivity index (χ1v) is 6.38. The predicted molar refractivity (Wildman–Crippen MR) is 64.2 cm³/mol. The summed E-state index contributed by atoms with van der Waals surface area (Å²) in [7, 11) is 0. The molecule has 1 aromatic heterocycles. The SMILES string of the molecule is Cc1csc(CNCC2(C)CCNC2)n1. The summed E-state index contributed by atoms with van der Waals surface area (Å²) in [4.78, 5) is 4.44. The van der Waals surface area contributed by atoms with Gasteiger partial charge in [-0.05, 0) is 25.3 Å². The van der Waals surface area contributed by atoms with E-state index in [9.17, 15) is 0 Å². The lowest BCUT2D eigenvalue weighted by Crippen LogP contribution is -2.33. The molecule has 2 rings (SSSR count). The van der Waals surface area contributed by atoms with E-state index in [-0.39, 0.29) is 0 Å². The van der Waals surface area contributed by atoms with Crippen molar-refractivity contribution in [1.29, 1.82) is 0 Å². The van der Waals surface area contributed by atoms with Gasteiger partial charge in [-0.15, -0.1) is 11.3 Å². The highest BCUT2D eigenvalue weighted by molar-refractivity contribution is 7.09. The third kappa shape index (κ3) is 3.00. The van der Waals surface area contributed by atoms with E-state index in [2.05, 4.69) is 27.9 Å². The number of nitrogens with one attached hydrogen (secondary N) is 2. The predicted octanol–water partition coefficient (Wildman–Crippen LogP) is 1.54. The quantitative estimate of drug-likeness (QED) is 0.816. The van der Waals surface area contributed by atoms with Gasteiger partial charge in [0.1, 0.15) is 5.01 Å². The van der Waals surface area contributed by atoms with Gasteiger partial charge < -0.3 is 10.6 Å². The van der Waals surface area contributed by atoms with Crippen LogP contribution >= 0.6 is 11.3 Å². The zero-order valence-electron chi connectivity index (χ0n) is 9.47. The molecule has 2 heterocycles. The van der Waals surface area contributed by atoms with Gasteiger partial charge >= 0.3 is 0 Å². The number of aromatic nitrogens is 1. The first-order chi connectivity index (χ1) is 7.18. The molecule has 1 unspecified atom stereocenters. The van der Waals surface area contributed by atoms with Crippen LogP contribution in [0.3, 0.4) is 0 Å². The molecule has 84 valence electrons. The van der Waals surface area contributed by atoms with Gasteiger partial charge in [0.05, 0.1) is 0 Å². The molecule has 1 aliphatic rings. The molecule has 15 heavy (non-hydrogen) atoms. The lowest BCUT2D eigenvalue weighted by molar-refractivity contribution is 0.339. The summed E-state index contributed by atoms with van der Waals surface area (Å²) >= 11 is 1.74. The van der Waals surface area contributed by atoms with E-state index in [0.29, 0.717) is 5.41 Å². The van der Waals surface area contributed by atoms with Gasteiger partial charge in [0, 0.05) is 30.7 Å². The maximum absolute atomic E-state index is 4.44. The number of hydrogen-bond donors (Lipinski definition) is 2. The minimum atomic E-state index is 0.437. The third-order valence-corrected chi connectivity index (χ3v) is 3.92. The third-order valence-electron chi connectivity index (χ3n) is 2.95. The molecule has 4 heteroatoms. The van der Waals surface area contributed by atoms with Crippen molar-refractivity contribution in [3.63, 3.8) is 0 Å². The summed E-state index contributed by atoms with van der Waals surface area (Å²) in [5.74, 6) is 0. The van der Waals surface area contributed by atoms with Gasteiger partial charge in [-0.25, -0.2) is 4.98 Å². The summed E-state index contributed by atoms with van der Waals surface area (Å²) in [5.41, 5.74) is 1.57. The maximum Gasteiger partial charge on any atom is 0.107 e. The molecule has 0 aliphatic carbocycles. The number of rotatable bonds is 4. The topological polar surface area (TPSA) is 37.0 Å². The fourth-order valence-electron chi connectivity index (χ4n) is 1.97. The van der Waals surface area contributed by atoms with E-state index in [1.807, 2.05) is 6.92 Å². The number of nitrogens with zero attached hydrogens (tertiary/aromatic N) is 1. The first kappa shape index (κ1) is 11.0. The van der Waals surface area contributed by atoms with E-state index < -0.39 is 0 Å². The van der Waals surface area contributed by atoms with Crippen molar-refractivity contribution in [3.8, 4) is 0 Å². The fourth-order valence-corrected chi connectivity index (χ4v) is 2.72. The first-order valence-electron chi connectivity index (χ1n) is 5.50. The molecule has 0 amide bonds. The number of thiazole rings is 1. The van der Waals surface area contributed by atoms with Gasteiger partial charge in [0.15, 0.2) is 0 Å². The zero-order chi connectivity index (χ0) is 10.7. The minimum absolute atomic E-state index is 0.437. The van der Waals surface area contributed by atoms with Crippen LogP contribution in [0.15, 0.2) is 5.38 Å². The van der Waals surface area contributed by atoms with Crippen LogP contribution < -0.4 is 10.6 Å². The Bertz CT molecular complexity index is 315. The van der Waals surface area contributed by atoms with Crippen molar-refractivity contribution in [1.82, 2.24) is 15.6 Å². The van der Waals surface area contributed by atoms with Gasteiger partial charge in [-0.1, -0.05) is 6.92 Å². The Kier molecular flexibility index (Phi) is 3.38. The monoisotopic (exact) mass is 225 g/mol. The summed E-state index contributed by atoms with van der Waals surface area (Å²) in [6.07, 6.45) is 1.27. The van der Waals surface area contributed by atoms with Crippen LogP contribution in [-0.4, -0.2) is 24.6 Å². The molecule has 1 aliphatic heterocycles. The lowest BCUT2D eigenvalue weighted by atomic mass is 9.90. The lowest BCUT2D eigenvalue weighted by Gasteiger charge is -2.22. The second kappa shape index (κ2) is 4.60. The van der Waals surface area contributed by atoms with Crippen molar-refractivity contribution >= 4 is 11.3 Å². The molecule has 0 spiro atoms. The van der Waals surface area contributed by atoms with Gasteiger partial charge in [0.25, 0.3) is 0 Å². The van der Waals surface area contributed by atoms with Crippen LogP contribution in [0.5, 0.6) is 0 Å². The van der Waals surface area contributed by atoms with Crippen LogP contribution in [-0.2, 0) is 6.54 Å². The zero-order valence-corrected chi connectivity index (χ0v) is 10.3. The Labute approximate surface area is 95.3 Å². The molecule has 0 saturated carbocycles. The summed E-state index contributed by atoms with van der Waals surface area (Å²) in [5, 5.41) is 10.2. The van der Waals surface area contributed by atoms with Crippen LogP contribution in [0.2, 0.25) is 0 Å². The van der Waals surface area contributed by atoms with Crippen LogP contribution in [0.25, 0.3) is 0 Å². The number of aryl methyl sites for hydroxylation is 1. The average molecular weight is 225 g/mol. The normalized spacial score (nSPS) is 26.0. The summed E-state index contributed by atoms with van der Waals surface area (Å²) < 4.78 is 0. The molecule has 0 aromatic carbocycles. The largest absolute Gasteiger partial charge is 0.316 e. The molecule has 0 bridgehead atoms. The Balaban J connectivity index is 1.75. The average Bonchev–Trinajstić information content (AvgIpc) is 2.76. The molecule has 1 aromatic rings. The second-order valence-corrected chi connectivity index (χ2v) is 5.67. The fraction of sp³-hybridized carbons (Fsp3) is 0.727. The van der Waals surface area contributed by atoms with Gasteiger partial charge in [0.2, 0.25) is 0 Å². The summed E-state index contributed by atoms with van der Waals surface area (Å²) in [6, 6.07) is 0. The van der Waals surface area contributed by atoms with Crippen molar-refractivity contribution in [2.75, 3.05) is 19.6 Å². The van der Waals surface area contributed by atoms with E-state index in [4.69, 9.17) is 0 Å². The van der Waals surface area contributed by atoms with E-state index in [0.717, 1.165) is 31.9 Å². The standard InChI is InChI=1S/C11H19N3S/c1-9-6-15-10(14-9)5-13-8-11(2)3-4-12-7-11/h6,12-13H,3-5,7-8H2,1-2H3. The molecule has 2 N–H and O–H groups in total. The van der Waals surface area contributed by atoms with Gasteiger partial charge in [-0.2, -0.15) is 0 Å². The Hall–Kier alpha value is -0.450. The van der Waals surface area contributed by atoms with Gasteiger partial charge in [-0.3, -0.25) is 0 Å². The van der Waals surface area contributed by atoms with Crippen molar-refractivity contribution in [3.05, 3.63) is 16.1 Å². The molecule has 0 radical (unpaired) electrons. The van der Waals surface area contributed by atoms with Crippen LogP contribution in [0, 0.1) is 12.3 Å². The number of hydrogen-bond acceptors (Lipinski definition) is 4. The molecular weight excluding hydrogens is 206 g/mol. The smallest absolute Gasteiger partial charge is 0.107 e. The molecule has 1 saturated heterocycles.